The minimum Gasteiger partial charge on any atom is -0.415 e. The topological polar surface area (TPSA) is 212 Å². The molecule has 0 saturated heterocycles. The van der Waals surface area contributed by atoms with E-state index in [1.54, 1.807) is 4.90 Å². The monoisotopic (exact) mass is 1890 g/mol. The zero-order valence-corrected chi connectivity index (χ0v) is 75.8. The number of anilines is 3. The fourth-order valence-electron chi connectivity index (χ4n) is 12.7. The number of nitrogens with one attached hydrogen (secondary N) is 2. The number of halogens is 9. The van der Waals surface area contributed by atoms with E-state index in [4.69, 9.17) is 85.6 Å². The van der Waals surface area contributed by atoms with Crippen molar-refractivity contribution in [2.24, 2.45) is 0 Å². The molecule has 0 unspecified atom stereocenters. The number of nitrogens with zero attached hydrogens (tertiary/aromatic N) is 12. The molecule has 0 aliphatic heterocycles. The lowest BCUT2D eigenvalue weighted by atomic mass is 10.2. The first kappa shape index (κ1) is 89.7. The van der Waals surface area contributed by atoms with Crippen LogP contribution in [0.3, 0.4) is 0 Å². The summed E-state index contributed by atoms with van der Waals surface area (Å²) in [4.78, 5) is 66.3. The predicted octanol–water partition coefficient (Wildman–Crippen LogP) is 25.7. The van der Waals surface area contributed by atoms with Gasteiger partial charge in [-0.1, -0.05) is 202 Å². The number of aliphatic hydroxyl groups excluding tert-OH is 1. The molecule has 616 valence electrons. The van der Waals surface area contributed by atoms with Gasteiger partial charge in [-0.05, 0) is 206 Å². The Bertz CT molecular complexity index is 6350. The Morgan fingerprint density at radius 2 is 0.810 bits per heavy atom. The highest BCUT2D eigenvalue weighted by Crippen LogP contribution is 2.38. The number of aromatic amines is 1. The minimum absolute atomic E-state index is 0.00577. The molecule has 0 atom stereocenters. The first-order chi connectivity index (χ1) is 58.3. The van der Waals surface area contributed by atoms with Crippen LogP contribution in [0.25, 0.3) is 77.3 Å². The number of H-pyrrole nitrogens is 1. The Kier molecular flexibility index (Phi) is 31.0. The molecule has 3 N–H and O–H groups in total. The van der Waals surface area contributed by atoms with E-state index in [9.17, 15) is 19.5 Å². The van der Waals surface area contributed by atoms with Gasteiger partial charge in [-0.2, -0.15) is 0 Å². The van der Waals surface area contributed by atoms with Crippen molar-refractivity contribution in [2.45, 2.75) is 52.2 Å². The second kappa shape index (κ2) is 41.8. The lowest BCUT2D eigenvalue weighted by Gasteiger charge is -2.37. The third-order valence-electron chi connectivity index (χ3n) is 19.8. The second-order valence-corrected chi connectivity index (χ2v) is 37.8. The maximum Gasteiger partial charge on any atom is 0.264 e. The van der Waals surface area contributed by atoms with Gasteiger partial charge in [-0.25, -0.2) is 29.9 Å². The van der Waals surface area contributed by atoms with Gasteiger partial charge in [0, 0.05) is 132 Å². The van der Waals surface area contributed by atoms with Gasteiger partial charge in [0.25, 0.3) is 17.1 Å². The van der Waals surface area contributed by atoms with Crippen LogP contribution in [0.5, 0.6) is 0 Å². The first-order valence-corrected chi connectivity index (χ1v) is 45.3. The number of aliphatic hydroxyl groups is 1. The summed E-state index contributed by atoms with van der Waals surface area (Å²) in [6, 6.07) is 81.9. The highest BCUT2D eigenvalue weighted by molar-refractivity contribution is 9.10. The van der Waals surface area contributed by atoms with Crippen molar-refractivity contribution < 1.29 is 23.9 Å². The fraction of sp³-hybridized carbons (Fsp3) is 0.141. The van der Waals surface area contributed by atoms with Crippen LogP contribution < -0.4 is 15.1 Å². The number of carbonyl (C=O) groups excluding carboxylic acids is 3. The van der Waals surface area contributed by atoms with Crippen molar-refractivity contribution in [3.05, 3.63) is 349 Å². The smallest absolute Gasteiger partial charge is 0.264 e. The molecule has 29 heteroatoms. The zero-order valence-electron chi connectivity index (χ0n) is 66.3. The van der Waals surface area contributed by atoms with Gasteiger partial charge in [-0.15, -0.1) is 0 Å². The van der Waals surface area contributed by atoms with Crippen LogP contribution in [0, 0.1) is 0 Å². The largest absolute Gasteiger partial charge is 0.415 e. The maximum absolute atomic E-state index is 13.7. The van der Waals surface area contributed by atoms with E-state index in [2.05, 4.69) is 271 Å². The molecule has 0 aliphatic carbocycles. The Morgan fingerprint density at radius 3 is 1.19 bits per heavy atom. The summed E-state index contributed by atoms with van der Waals surface area (Å²) in [7, 11) is -2.00. The molecule has 0 spiro atoms. The van der Waals surface area contributed by atoms with Crippen molar-refractivity contribution in [2.75, 3.05) is 48.0 Å². The molecule has 0 saturated carbocycles. The average Bonchev–Trinajstić information content (AvgIpc) is 1.70. The minimum atomic E-state index is -2.00. The summed E-state index contributed by atoms with van der Waals surface area (Å²) in [6.07, 6.45) is 14.9. The second-order valence-electron chi connectivity index (χ2n) is 28.7. The van der Waals surface area contributed by atoms with Gasteiger partial charge < -0.3 is 47.9 Å². The van der Waals surface area contributed by atoms with Crippen molar-refractivity contribution in [3.8, 4) is 22.7 Å². The number of amides is 2. The highest BCUT2D eigenvalue weighted by atomic mass is 79.9. The molecule has 17 rings (SSSR count). The summed E-state index contributed by atoms with van der Waals surface area (Å²) in [5, 5.41) is 17.8. The lowest BCUT2D eigenvalue weighted by molar-refractivity contribution is 0.0973. The highest BCUT2D eigenvalue weighted by Gasteiger charge is 2.38. The van der Waals surface area contributed by atoms with Crippen LogP contribution in [0.1, 0.15) is 65.2 Å². The van der Waals surface area contributed by atoms with Crippen molar-refractivity contribution >= 4 is 210 Å². The Hall–Kier alpha value is -10.5. The molecule has 0 bridgehead atoms. The van der Waals surface area contributed by atoms with Gasteiger partial charge in [0.05, 0.1) is 35.3 Å². The van der Waals surface area contributed by atoms with Crippen LogP contribution >= 0.6 is 113 Å². The Morgan fingerprint density at radius 1 is 0.455 bits per heavy atom. The number of para-hydroxylation sites is 4. The standard InChI is InChI=1S/C27H30Cl2N4O2Si.C21H16Cl2N4O2.C17H18N2.C14H10BrN.C8H6BrN.C5HCl3N2O/c1-27(2,3)36(4,5)35-16-15-33(26(34)23-24(28)30-18-31-25(23)29)21-11-12-22-19(17-21)13-14-32(22)20-9-7-6-8-10-20;22-19-18(20(23)25-13-24-19)21(29)27(10-11-28)16-6-7-17-14(12-16)8-9-26(17)15-4-2-1-3-5-15;1-2-11-18-15-8-9-17-14(13-15)10-12-19(17)16-6-4-3-5-7-16;15-12-6-7-14-11(10-12)8-9-16(14)13-4-2-1-3-5-13;9-7-1-2-8-6(5-7)3-4-10-8;6-3-2(5(8)11)4(7)10-1-9-3/h6-14,17-18H,15-16H2,1-5H3;1-9,12-13,28H,10-11H2;3-10,12-13,18H,2,11H2,1H3;1-10H;1-5,10H;1H. The van der Waals surface area contributed by atoms with E-state index < -0.39 is 19.5 Å². The molecule has 0 radical (unpaired) electrons. The van der Waals surface area contributed by atoms with E-state index >= 15 is 0 Å². The van der Waals surface area contributed by atoms with E-state index in [0.717, 1.165) is 61.4 Å². The molecule has 8 heterocycles. The molecular formula is C92H81Br2Cl7N14O5Si. The van der Waals surface area contributed by atoms with Crippen molar-refractivity contribution in [3.63, 3.8) is 0 Å². The summed E-state index contributed by atoms with van der Waals surface area (Å²) in [6.45, 7) is 14.7. The Labute approximate surface area is 752 Å². The number of hydrogen-bond acceptors (Lipinski definition) is 12. The first-order valence-electron chi connectivity index (χ1n) is 38.2. The number of fused-ring (bicyclic) bond motifs is 5. The molecule has 19 nitrogen and oxygen atoms in total. The third kappa shape index (κ3) is 22.4. The number of hydrogen-bond donors (Lipinski definition) is 3. The van der Waals surface area contributed by atoms with Crippen LogP contribution in [0.2, 0.25) is 49.1 Å². The number of carbonyl (C=O) groups is 3. The van der Waals surface area contributed by atoms with Crippen LogP contribution in [0.15, 0.2) is 302 Å². The summed E-state index contributed by atoms with van der Waals surface area (Å²) < 4.78 is 17.2. The average molecular weight is 1900 g/mol. The normalized spacial score (nSPS) is 11.1. The van der Waals surface area contributed by atoms with E-state index in [1.165, 1.54) is 67.3 Å². The molecule has 8 aromatic heterocycles. The van der Waals surface area contributed by atoms with E-state index in [0.29, 0.717) is 24.5 Å². The molecule has 121 heavy (non-hydrogen) atoms. The Balaban J connectivity index is 0.000000140. The fourth-order valence-corrected chi connectivity index (χ4v) is 16.2. The van der Waals surface area contributed by atoms with Gasteiger partial charge in [-0.3, -0.25) is 14.4 Å². The van der Waals surface area contributed by atoms with Crippen LogP contribution in [-0.4, -0.2) is 116 Å². The van der Waals surface area contributed by atoms with Crippen LogP contribution in [0.4, 0.5) is 17.1 Å². The molecule has 9 aromatic carbocycles. The van der Waals surface area contributed by atoms with Gasteiger partial charge in [0.2, 0.25) is 0 Å². The summed E-state index contributed by atoms with van der Waals surface area (Å²) >= 11 is 47.7. The van der Waals surface area contributed by atoms with Gasteiger partial charge in [0.1, 0.15) is 66.6 Å². The molecular weight excluding hydrogens is 1820 g/mol. The maximum atomic E-state index is 13.7. The van der Waals surface area contributed by atoms with Crippen molar-refractivity contribution in [1.29, 1.82) is 0 Å². The van der Waals surface area contributed by atoms with Gasteiger partial charge in [0.15, 0.2) is 8.32 Å². The summed E-state index contributed by atoms with van der Waals surface area (Å²) in [5.41, 5.74) is 12.7. The lowest BCUT2D eigenvalue weighted by Crippen LogP contribution is -2.43. The van der Waals surface area contributed by atoms with E-state index in [1.807, 2.05) is 134 Å². The van der Waals surface area contributed by atoms with Crippen LogP contribution in [-0.2, 0) is 4.43 Å². The van der Waals surface area contributed by atoms with Gasteiger partial charge >= 0.3 is 0 Å². The predicted molar refractivity (Wildman–Crippen MR) is 506 cm³/mol. The molecule has 0 fully saturated rings. The number of aromatic nitrogens is 11. The third-order valence-corrected chi connectivity index (χ3v) is 27.3. The summed E-state index contributed by atoms with van der Waals surface area (Å²) in [5.74, 6) is -0.845. The van der Waals surface area contributed by atoms with E-state index in [-0.39, 0.29) is 71.7 Å². The molecule has 17 aromatic rings. The number of rotatable bonds is 18. The number of benzene rings is 9. The zero-order chi connectivity index (χ0) is 85.9. The quantitative estimate of drug-likeness (QED) is 0.0416. The molecule has 2 amide bonds. The SMILES string of the molecule is Brc1ccc2[nH]ccc2c1.Brc1ccc2c(ccn2-c2ccccc2)c1.CC(C)(C)[Si](C)(C)OCCN(C(=O)c1c(Cl)ncnc1Cl)c1ccc2c(ccn2-c2ccccc2)c1.CCCNc1ccc2c(ccn2-c2ccccc2)c1.O=C(Cl)c1c(Cl)ncnc1Cl.O=C(c1c(Cl)ncnc1Cl)N(CCO)c1ccc2c(ccn2-c2ccccc2)c1. The molecule has 0 aliphatic rings. The van der Waals surface area contributed by atoms with Crippen molar-refractivity contribution in [1.82, 2.24) is 53.2 Å².